The van der Waals surface area contributed by atoms with E-state index in [0.717, 1.165) is 48.7 Å². The van der Waals surface area contributed by atoms with Gasteiger partial charge in [0.1, 0.15) is 0 Å². The van der Waals surface area contributed by atoms with E-state index in [1.807, 2.05) is 0 Å². The van der Waals surface area contributed by atoms with Gasteiger partial charge in [0.05, 0.1) is 38.1 Å². The molecule has 1 rings (SSSR count). The van der Waals surface area contributed by atoms with Crippen LogP contribution >= 0.6 is 95.6 Å². The quantitative estimate of drug-likeness (QED) is 0.186. The standard InChI is InChI=1S/C18H24Br6O3/c19-4-16(5-20)25-10-13-1-14(11-26-17(6-21)7-22)3-15(2-13)12-27-18(8-23)9-24/h1-3,16-18H,4-12H2. The number of hydrogen-bond donors (Lipinski definition) is 0. The molecule has 27 heavy (non-hydrogen) atoms. The zero-order valence-electron chi connectivity index (χ0n) is 14.8. The first-order valence-corrected chi connectivity index (χ1v) is 15.1. The van der Waals surface area contributed by atoms with Crippen LogP contribution < -0.4 is 0 Å². The third kappa shape index (κ3) is 11.2. The predicted octanol–water partition coefficient (Wildman–Crippen LogP) is 6.71. The highest BCUT2D eigenvalue weighted by Gasteiger charge is 2.11. The van der Waals surface area contributed by atoms with E-state index in [2.05, 4.69) is 114 Å². The molecule has 156 valence electrons. The molecular formula is C18H24Br6O3. The van der Waals surface area contributed by atoms with Crippen molar-refractivity contribution < 1.29 is 14.2 Å². The number of rotatable bonds is 15. The van der Waals surface area contributed by atoms with Gasteiger partial charge in [0.2, 0.25) is 0 Å². The Morgan fingerprint density at radius 1 is 0.481 bits per heavy atom. The minimum atomic E-state index is 0.141. The molecule has 0 bridgehead atoms. The summed E-state index contributed by atoms with van der Waals surface area (Å²) < 4.78 is 17.9. The molecule has 0 heterocycles. The average molecular weight is 768 g/mol. The maximum atomic E-state index is 5.97. The monoisotopic (exact) mass is 762 g/mol. The number of hydrogen-bond acceptors (Lipinski definition) is 3. The van der Waals surface area contributed by atoms with E-state index in [-0.39, 0.29) is 18.3 Å². The number of benzene rings is 1. The Bertz CT molecular complexity index is 424. The Morgan fingerprint density at radius 2 is 0.704 bits per heavy atom. The summed E-state index contributed by atoms with van der Waals surface area (Å²) in [5.41, 5.74) is 3.39. The Morgan fingerprint density at radius 3 is 0.889 bits per heavy atom. The molecule has 0 spiro atoms. The third-order valence-electron chi connectivity index (χ3n) is 3.60. The van der Waals surface area contributed by atoms with Gasteiger partial charge in [0, 0.05) is 32.0 Å². The molecule has 0 fully saturated rings. The molecule has 0 aliphatic heterocycles. The normalized spacial score (nSPS) is 11.9. The largest absolute Gasteiger partial charge is 0.372 e. The topological polar surface area (TPSA) is 27.7 Å². The molecule has 0 radical (unpaired) electrons. The van der Waals surface area contributed by atoms with Crippen LogP contribution in [0.25, 0.3) is 0 Å². The van der Waals surface area contributed by atoms with Gasteiger partial charge in [-0.2, -0.15) is 0 Å². The number of alkyl halides is 6. The zero-order chi connectivity index (χ0) is 20.1. The lowest BCUT2D eigenvalue weighted by atomic mass is 10.1. The van der Waals surface area contributed by atoms with Crippen LogP contribution in [0, 0.1) is 0 Å². The molecule has 0 atom stereocenters. The van der Waals surface area contributed by atoms with Crippen LogP contribution in [0.3, 0.4) is 0 Å². The van der Waals surface area contributed by atoms with Gasteiger partial charge in [-0.15, -0.1) is 0 Å². The van der Waals surface area contributed by atoms with Crippen molar-refractivity contribution in [3.05, 3.63) is 34.9 Å². The van der Waals surface area contributed by atoms with Crippen molar-refractivity contribution in [3.8, 4) is 0 Å². The van der Waals surface area contributed by atoms with Gasteiger partial charge in [-0.1, -0.05) is 114 Å². The second-order valence-electron chi connectivity index (χ2n) is 5.88. The lowest BCUT2D eigenvalue weighted by molar-refractivity contribution is 0.0668. The van der Waals surface area contributed by atoms with Gasteiger partial charge >= 0.3 is 0 Å². The van der Waals surface area contributed by atoms with Crippen molar-refractivity contribution in [1.29, 1.82) is 0 Å². The molecule has 3 nitrogen and oxygen atoms in total. The van der Waals surface area contributed by atoms with E-state index in [4.69, 9.17) is 14.2 Å². The van der Waals surface area contributed by atoms with E-state index in [1.165, 1.54) is 0 Å². The first-order valence-electron chi connectivity index (χ1n) is 8.42. The molecule has 0 amide bonds. The molecule has 9 heteroatoms. The van der Waals surface area contributed by atoms with Crippen molar-refractivity contribution >= 4 is 95.6 Å². The van der Waals surface area contributed by atoms with Crippen LogP contribution in [-0.4, -0.2) is 50.3 Å². The fourth-order valence-electron chi connectivity index (χ4n) is 2.12. The second-order valence-corrected chi connectivity index (χ2v) is 9.77. The van der Waals surface area contributed by atoms with Gasteiger partial charge in [-0.3, -0.25) is 0 Å². The summed E-state index contributed by atoms with van der Waals surface area (Å²) in [6.45, 7) is 1.68. The third-order valence-corrected chi connectivity index (χ3v) is 7.94. The summed E-state index contributed by atoms with van der Waals surface area (Å²) in [6.07, 6.45) is 0.422. The maximum Gasteiger partial charge on any atom is 0.0773 e. The molecule has 0 saturated heterocycles. The van der Waals surface area contributed by atoms with Crippen molar-refractivity contribution in [3.63, 3.8) is 0 Å². The SMILES string of the molecule is BrCC(CBr)OCc1cc(COC(CBr)CBr)cc(COC(CBr)CBr)c1. The zero-order valence-corrected chi connectivity index (χ0v) is 24.3. The average Bonchev–Trinajstić information content (AvgIpc) is 2.70. The van der Waals surface area contributed by atoms with Crippen LogP contribution in [0.5, 0.6) is 0 Å². The van der Waals surface area contributed by atoms with Gasteiger partial charge in [-0.25, -0.2) is 0 Å². The number of halogens is 6. The Balaban J connectivity index is 2.85. The Labute approximate surface area is 212 Å². The first kappa shape index (κ1) is 27.0. The maximum absolute atomic E-state index is 5.97. The molecule has 0 N–H and O–H groups in total. The van der Waals surface area contributed by atoms with Crippen molar-refractivity contribution in [2.24, 2.45) is 0 Å². The van der Waals surface area contributed by atoms with Gasteiger partial charge in [-0.05, 0) is 16.7 Å². The van der Waals surface area contributed by atoms with Crippen molar-refractivity contribution in [2.45, 2.75) is 38.1 Å². The summed E-state index contributed by atoms with van der Waals surface area (Å²) in [5, 5.41) is 4.79. The summed E-state index contributed by atoms with van der Waals surface area (Å²) >= 11 is 20.9. The van der Waals surface area contributed by atoms with Gasteiger partial charge in [0.25, 0.3) is 0 Å². The van der Waals surface area contributed by atoms with E-state index in [1.54, 1.807) is 0 Å². The highest BCUT2D eigenvalue weighted by atomic mass is 79.9. The molecular weight excluding hydrogens is 744 g/mol. The minimum absolute atomic E-state index is 0.141. The molecule has 0 unspecified atom stereocenters. The lowest BCUT2D eigenvalue weighted by Gasteiger charge is -2.17. The van der Waals surface area contributed by atoms with Crippen LogP contribution in [0.15, 0.2) is 18.2 Å². The smallest absolute Gasteiger partial charge is 0.0773 e. The van der Waals surface area contributed by atoms with Crippen molar-refractivity contribution in [2.75, 3.05) is 32.0 Å². The molecule has 0 aliphatic rings. The van der Waals surface area contributed by atoms with Crippen LogP contribution in [0.4, 0.5) is 0 Å². The highest BCUT2D eigenvalue weighted by Crippen LogP contribution is 2.18. The van der Waals surface area contributed by atoms with Crippen LogP contribution in [0.2, 0.25) is 0 Å². The van der Waals surface area contributed by atoms with Gasteiger partial charge < -0.3 is 14.2 Å². The van der Waals surface area contributed by atoms with Crippen molar-refractivity contribution in [1.82, 2.24) is 0 Å². The van der Waals surface area contributed by atoms with Crippen LogP contribution in [-0.2, 0) is 34.0 Å². The minimum Gasteiger partial charge on any atom is -0.372 e. The van der Waals surface area contributed by atoms with Crippen LogP contribution in [0.1, 0.15) is 16.7 Å². The molecule has 0 aromatic heterocycles. The van der Waals surface area contributed by atoms with Gasteiger partial charge in [0.15, 0.2) is 0 Å². The molecule has 1 aromatic carbocycles. The van der Waals surface area contributed by atoms with E-state index in [0.29, 0.717) is 19.8 Å². The fourth-order valence-corrected chi connectivity index (χ4v) is 6.46. The Hall–Kier alpha value is 1.98. The number of ether oxygens (including phenoxy) is 3. The fraction of sp³-hybridized carbons (Fsp3) is 0.667. The molecule has 0 saturated carbocycles. The summed E-state index contributed by atoms with van der Waals surface area (Å²) in [7, 11) is 0. The Kier molecular flexibility index (Phi) is 16.7. The highest BCUT2D eigenvalue weighted by molar-refractivity contribution is 9.10. The summed E-state index contributed by atoms with van der Waals surface area (Å²) in [4.78, 5) is 0. The van der Waals surface area contributed by atoms with E-state index >= 15 is 0 Å². The van der Waals surface area contributed by atoms with E-state index < -0.39 is 0 Å². The summed E-state index contributed by atoms with van der Waals surface area (Å²) in [6, 6.07) is 6.44. The predicted molar refractivity (Wildman–Crippen MR) is 135 cm³/mol. The molecule has 1 aromatic rings. The second kappa shape index (κ2) is 16.6. The summed E-state index contributed by atoms with van der Waals surface area (Å²) in [5.74, 6) is 0. The molecule has 0 aliphatic carbocycles. The lowest BCUT2D eigenvalue weighted by Crippen LogP contribution is -2.18. The first-order chi connectivity index (χ1) is 13.1. The van der Waals surface area contributed by atoms with E-state index in [9.17, 15) is 0 Å².